The zero-order chi connectivity index (χ0) is 16.7. The smallest absolute Gasteiger partial charge is 0.118 e. The van der Waals surface area contributed by atoms with E-state index in [1.807, 2.05) is 48.6 Å². The number of phenolic OH excluding ortho intramolecular Hbond substituents is 1. The average molecular weight is 308 g/mol. The molecule has 2 rings (SSSR count). The van der Waals surface area contributed by atoms with Crippen molar-refractivity contribution < 1.29 is 9.84 Å². The van der Waals surface area contributed by atoms with E-state index in [0.717, 1.165) is 28.3 Å². The summed E-state index contributed by atoms with van der Waals surface area (Å²) < 4.78 is 5.16. The minimum absolute atomic E-state index is 0.242. The SMILES string of the molecule is C[N-]C(=Cc1ccc(O)cc1)C(=Cc1ccc(OC)cc1)[N-]C. The third-order valence-electron chi connectivity index (χ3n) is 3.36. The summed E-state index contributed by atoms with van der Waals surface area (Å²) in [5, 5.41) is 18.0. The van der Waals surface area contributed by atoms with Crippen LogP contribution in [0.4, 0.5) is 0 Å². The van der Waals surface area contributed by atoms with Crippen LogP contribution in [0.3, 0.4) is 0 Å². The molecule has 0 atom stereocenters. The van der Waals surface area contributed by atoms with Gasteiger partial charge in [0.05, 0.1) is 7.11 Å². The Bertz CT molecular complexity index is 686. The summed E-state index contributed by atoms with van der Waals surface area (Å²) >= 11 is 0. The first-order valence-electron chi connectivity index (χ1n) is 7.23. The first-order valence-corrected chi connectivity index (χ1v) is 7.23. The van der Waals surface area contributed by atoms with Gasteiger partial charge in [0.1, 0.15) is 11.5 Å². The molecule has 0 spiro atoms. The molecule has 4 heteroatoms. The van der Waals surface area contributed by atoms with Crippen molar-refractivity contribution in [1.82, 2.24) is 0 Å². The van der Waals surface area contributed by atoms with Gasteiger partial charge in [-0.05, 0) is 35.4 Å². The van der Waals surface area contributed by atoms with Gasteiger partial charge in [0.2, 0.25) is 0 Å². The minimum Gasteiger partial charge on any atom is -0.688 e. The second-order valence-electron chi connectivity index (χ2n) is 4.87. The van der Waals surface area contributed by atoms with Gasteiger partial charge in [-0.3, -0.25) is 0 Å². The lowest BCUT2D eigenvalue weighted by atomic mass is 10.1. The van der Waals surface area contributed by atoms with Gasteiger partial charge in [0, 0.05) is 0 Å². The summed E-state index contributed by atoms with van der Waals surface area (Å²) in [6.07, 6.45) is 3.90. The highest BCUT2D eigenvalue weighted by Crippen LogP contribution is 2.26. The molecule has 120 valence electrons. The van der Waals surface area contributed by atoms with Gasteiger partial charge in [-0.2, -0.15) is 11.4 Å². The van der Waals surface area contributed by atoms with Gasteiger partial charge >= 0.3 is 0 Å². The van der Waals surface area contributed by atoms with Crippen molar-refractivity contribution in [2.75, 3.05) is 21.2 Å². The highest BCUT2D eigenvalue weighted by molar-refractivity contribution is 5.71. The highest BCUT2D eigenvalue weighted by atomic mass is 16.5. The van der Waals surface area contributed by atoms with Crippen molar-refractivity contribution in [2.24, 2.45) is 0 Å². The molecular formula is C19H20N2O2-2. The fraction of sp³-hybridized carbons (Fsp3) is 0.158. The average Bonchev–Trinajstić information content (AvgIpc) is 2.60. The van der Waals surface area contributed by atoms with Gasteiger partial charge in [-0.1, -0.05) is 36.4 Å². The molecule has 2 aromatic carbocycles. The second-order valence-corrected chi connectivity index (χ2v) is 4.87. The van der Waals surface area contributed by atoms with Gasteiger partial charge in [-0.25, -0.2) is 0 Å². The molecule has 1 N–H and O–H groups in total. The lowest BCUT2D eigenvalue weighted by Crippen LogP contribution is -1.88. The monoisotopic (exact) mass is 308 g/mol. The van der Waals surface area contributed by atoms with Crippen LogP contribution in [0.5, 0.6) is 11.5 Å². The standard InChI is InChI=1S/C19H20N2O2/c1-20-18(12-14-4-8-16(22)9-5-14)19(21-2)13-15-6-10-17(23-3)11-7-15/h4-13,22H,1-3H3/q-2. The van der Waals surface area contributed by atoms with E-state index in [4.69, 9.17) is 4.74 Å². The van der Waals surface area contributed by atoms with Crippen LogP contribution < -0.4 is 4.74 Å². The number of benzene rings is 2. The number of aromatic hydroxyl groups is 1. The molecule has 0 aromatic heterocycles. The quantitative estimate of drug-likeness (QED) is 0.780. The number of hydrogen-bond donors (Lipinski definition) is 1. The minimum atomic E-state index is 0.242. The number of rotatable bonds is 6. The zero-order valence-corrected chi connectivity index (χ0v) is 13.5. The van der Waals surface area contributed by atoms with Crippen LogP contribution in [0.15, 0.2) is 59.9 Å². The Morgan fingerprint density at radius 2 is 1.26 bits per heavy atom. The molecule has 0 heterocycles. The molecule has 0 amide bonds. The number of hydrogen-bond acceptors (Lipinski definition) is 2. The van der Waals surface area contributed by atoms with Crippen LogP contribution >= 0.6 is 0 Å². The predicted octanol–water partition coefficient (Wildman–Crippen LogP) is 4.79. The largest absolute Gasteiger partial charge is 0.688 e. The van der Waals surface area contributed by atoms with E-state index in [-0.39, 0.29) is 5.75 Å². The summed E-state index contributed by atoms with van der Waals surface area (Å²) in [5.74, 6) is 1.06. The molecule has 0 aliphatic heterocycles. The van der Waals surface area contributed by atoms with Crippen LogP contribution in [-0.2, 0) is 0 Å². The van der Waals surface area contributed by atoms with E-state index >= 15 is 0 Å². The Morgan fingerprint density at radius 1 is 0.826 bits per heavy atom. The molecular weight excluding hydrogens is 288 g/mol. The third kappa shape index (κ3) is 4.54. The van der Waals surface area contributed by atoms with Crippen molar-refractivity contribution in [2.45, 2.75) is 0 Å². The molecule has 23 heavy (non-hydrogen) atoms. The van der Waals surface area contributed by atoms with Crippen LogP contribution in [-0.4, -0.2) is 26.3 Å². The maximum absolute atomic E-state index is 9.36. The van der Waals surface area contributed by atoms with Crippen molar-refractivity contribution in [1.29, 1.82) is 0 Å². The first kappa shape index (κ1) is 16.5. The predicted molar refractivity (Wildman–Crippen MR) is 95.6 cm³/mol. The summed E-state index contributed by atoms with van der Waals surface area (Å²) in [5.41, 5.74) is 3.53. The maximum Gasteiger partial charge on any atom is 0.118 e. The van der Waals surface area contributed by atoms with Gasteiger partial charge < -0.3 is 20.5 Å². The highest BCUT2D eigenvalue weighted by Gasteiger charge is 1.93. The van der Waals surface area contributed by atoms with Gasteiger partial charge in [0.25, 0.3) is 0 Å². The third-order valence-corrected chi connectivity index (χ3v) is 3.36. The lowest BCUT2D eigenvalue weighted by Gasteiger charge is -2.32. The Balaban J connectivity index is 2.31. The normalized spacial score (nSPS) is 12.0. The molecule has 0 radical (unpaired) electrons. The van der Waals surface area contributed by atoms with E-state index < -0.39 is 0 Å². The van der Waals surface area contributed by atoms with E-state index in [0.29, 0.717) is 0 Å². The van der Waals surface area contributed by atoms with Crippen molar-refractivity contribution in [3.63, 3.8) is 0 Å². The molecule has 0 aliphatic rings. The number of nitrogens with zero attached hydrogens (tertiary/aromatic N) is 2. The van der Waals surface area contributed by atoms with E-state index in [1.165, 1.54) is 0 Å². The molecule has 0 aliphatic carbocycles. The molecule has 4 nitrogen and oxygen atoms in total. The molecule has 0 saturated carbocycles. The van der Waals surface area contributed by atoms with Gasteiger partial charge in [-0.15, -0.1) is 14.1 Å². The van der Waals surface area contributed by atoms with E-state index in [9.17, 15) is 5.11 Å². The van der Waals surface area contributed by atoms with Crippen LogP contribution in [0.1, 0.15) is 11.1 Å². The summed E-state index contributed by atoms with van der Waals surface area (Å²) in [6, 6.07) is 14.7. The number of phenols is 1. The fourth-order valence-corrected chi connectivity index (χ4v) is 2.09. The van der Waals surface area contributed by atoms with Crippen LogP contribution in [0, 0.1) is 0 Å². The maximum atomic E-state index is 9.36. The second kappa shape index (κ2) is 7.94. The fourth-order valence-electron chi connectivity index (χ4n) is 2.09. The Morgan fingerprint density at radius 3 is 1.65 bits per heavy atom. The van der Waals surface area contributed by atoms with Gasteiger partial charge in [0.15, 0.2) is 0 Å². The molecule has 0 fully saturated rings. The van der Waals surface area contributed by atoms with Crippen LogP contribution in [0.25, 0.3) is 22.8 Å². The lowest BCUT2D eigenvalue weighted by molar-refractivity contribution is 0.415. The molecule has 2 aromatic rings. The first-order chi connectivity index (χ1) is 11.2. The Hall–Kier alpha value is -2.88. The Kier molecular flexibility index (Phi) is 5.69. The van der Waals surface area contributed by atoms with E-state index in [2.05, 4.69) is 10.6 Å². The number of methoxy groups -OCH3 is 1. The summed E-state index contributed by atoms with van der Waals surface area (Å²) in [4.78, 5) is 0. The summed E-state index contributed by atoms with van der Waals surface area (Å²) in [6.45, 7) is 0. The Labute approximate surface area is 137 Å². The van der Waals surface area contributed by atoms with E-state index in [1.54, 1.807) is 33.3 Å². The molecule has 0 saturated heterocycles. The number of likely N-dealkylation sites (N-methyl/N-ethyl adjacent to an activating group) is 2. The molecule has 0 bridgehead atoms. The summed E-state index contributed by atoms with van der Waals surface area (Å²) in [7, 11) is 5.12. The van der Waals surface area contributed by atoms with Crippen molar-refractivity contribution in [3.8, 4) is 11.5 Å². The topological polar surface area (TPSA) is 57.7 Å². The number of ether oxygens (including phenoxy) is 1. The molecule has 0 unspecified atom stereocenters. The van der Waals surface area contributed by atoms with Crippen LogP contribution in [0.2, 0.25) is 0 Å². The zero-order valence-electron chi connectivity index (χ0n) is 13.5. The van der Waals surface area contributed by atoms with Crippen molar-refractivity contribution in [3.05, 3.63) is 81.7 Å². The van der Waals surface area contributed by atoms with Crippen molar-refractivity contribution >= 4 is 12.2 Å².